The van der Waals surface area contributed by atoms with Crippen molar-refractivity contribution in [2.24, 2.45) is 0 Å². The van der Waals surface area contributed by atoms with Gasteiger partial charge >= 0.3 is 29.0 Å². The number of hydrogen-bond acceptors (Lipinski definition) is 2. The normalized spacial score (nSPS) is 17.3. The third kappa shape index (κ3) is 6.29. The molecule has 0 fully saturated rings. The first-order chi connectivity index (χ1) is 20.0. The van der Waals surface area contributed by atoms with Gasteiger partial charge in [-0.05, 0) is 66.2 Å². The van der Waals surface area contributed by atoms with Crippen LogP contribution in [-0.4, -0.2) is 28.2 Å². The van der Waals surface area contributed by atoms with Crippen molar-refractivity contribution in [3.63, 3.8) is 0 Å². The van der Waals surface area contributed by atoms with Crippen molar-refractivity contribution >= 4 is 18.0 Å². The first-order valence-electron chi connectivity index (χ1n) is 15.0. The van der Waals surface area contributed by atoms with E-state index in [1.807, 2.05) is 13.8 Å². The van der Waals surface area contributed by atoms with Crippen molar-refractivity contribution in [1.29, 1.82) is 0 Å². The molecule has 0 aromatic carbocycles. The van der Waals surface area contributed by atoms with Crippen molar-refractivity contribution < 1.29 is 36.9 Å². The number of nitrogens with zero attached hydrogens (tertiary/aromatic N) is 4. The Morgan fingerprint density at radius 3 is 1.88 bits per heavy atom. The molecule has 8 nitrogen and oxygen atoms in total. The van der Waals surface area contributed by atoms with Crippen LogP contribution in [0.5, 0.6) is 0 Å². The summed E-state index contributed by atoms with van der Waals surface area (Å²) in [5.41, 5.74) is 15.5. The van der Waals surface area contributed by atoms with Gasteiger partial charge in [0.2, 0.25) is 0 Å². The molecule has 0 saturated carbocycles. The van der Waals surface area contributed by atoms with Crippen LogP contribution in [0.3, 0.4) is 0 Å². The maximum atomic E-state index is 11.6. The zero-order valence-corrected chi connectivity index (χ0v) is 27.0. The van der Waals surface area contributed by atoms with Crippen molar-refractivity contribution in [2.45, 2.75) is 105 Å². The molecule has 0 spiro atoms. The van der Waals surface area contributed by atoms with Gasteiger partial charge in [-0.25, -0.2) is 0 Å². The average Bonchev–Trinajstić information content (AvgIpc) is 3.59. The molecular weight excluding hydrogens is 584 g/mol. The maximum absolute atomic E-state index is 11.6. The van der Waals surface area contributed by atoms with Gasteiger partial charge in [-0.15, -0.1) is 11.4 Å². The average molecular weight is 625 g/mol. The minimum atomic E-state index is -0.843. The van der Waals surface area contributed by atoms with E-state index in [9.17, 15) is 19.8 Å². The van der Waals surface area contributed by atoms with Crippen molar-refractivity contribution in [3.8, 4) is 0 Å². The molecule has 8 bridgehead atoms. The number of hydrogen-bond donors (Lipinski definition) is 2. The molecule has 3 aromatic rings. The summed E-state index contributed by atoms with van der Waals surface area (Å²) >= 11 is 0. The topological polar surface area (TPSA) is 131 Å². The Bertz CT molecular complexity index is 1620. The second-order valence-electron chi connectivity index (χ2n) is 11.6. The molecule has 9 heteroatoms. The van der Waals surface area contributed by atoms with Crippen LogP contribution in [-0.2, 0) is 65.2 Å². The molecule has 43 heavy (non-hydrogen) atoms. The predicted octanol–water partition coefficient (Wildman–Crippen LogP) is 5.64. The molecular formula is C34H40FeN4O4. The van der Waals surface area contributed by atoms with Gasteiger partial charge in [0.05, 0.1) is 0 Å². The number of aliphatic carboxylic acids is 2. The van der Waals surface area contributed by atoms with Crippen LogP contribution in [0.25, 0.3) is 11.4 Å². The smallest absolute Gasteiger partial charge is 0.678 e. The molecule has 228 valence electrons. The van der Waals surface area contributed by atoms with Crippen LogP contribution in [0.15, 0.2) is 16.8 Å². The Labute approximate surface area is 264 Å². The monoisotopic (exact) mass is 624 g/mol. The number of fused-ring (bicyclic) bond motifs is 8. The minimum Gasteiger partial charge on any atom is -0.678 e. The van der Waals surface area contributed by atoms with E-state index in [2.05, 4.69) is 33.8 Å². The third-order valence-corrected chi connectivity index (χ3v) is 9.25. The van der Waals surface area contributed by atoms with Crippen molar-refractivity contribution in [1.82, 2.24) is 15.0 Å². The van der Waals surface area contributed by atoms with E-state index < -0.39 is 11.9 Å². The van der Waals surface area contributed by atoms with E-state index in [-0.39, 0.29) is 36.0 Å². The minimum absolute atomic E-state index is 0. The van der Waals surface area contributed by atoms with E-state index in [0.717, 1.165) is 80.5 Å². The molecule has 1 atom stereocenters. The second kappa shape index (κ2) is 13.1. The zero-order chi connectivity index (χ0) is 30.3. The molecule has 0 saturated heterocycles. The van der Waals surface area contributed by atoms with Gasteiger partial charge in [0.15, 0.2) is 0 Å². The molecule has 2 N–H and O–H groups in total. The van der Waals surface area contributed by atoms with Gasteiger partial charge in [0, 0.05) is 12.8 Å². The molecule has 2 aliphatic heterocycles. The summed E-state index contributed by atoms with van der Waals surface area (Å²) in [6.07, 6.45) is 6.39. The SMILES string of the molecule is CCc1c2[n-]c(c1C)/C=C1\[N-]C(Cc3[n-]c(c(C)c3CCC(=O)O)Cc3[n-]c(c(C)c3CC)C2)C(CCC(=O)O)=C1C.[Fe+4]. The number of rotatable bonds is 8. The molecule has 5 heterocycles. The summed E-state index contributed by atoms with van der Waals surface area (Å²) < 4.78 is 0. The fraction of sp³-hybridized carbons (Fsp3) is 0.471. The Hall–Kier alpha value is -3.42. The van der Waals surface area contributed by atoms with E-state index in [1.165, 1.54) is 16.7 Å². The summed E-state index contributed by atoms with van der Waals surface area (Å²) in [5.74, 6) is -1.68. The Balaban J connectivity index is 0.00000423. The third-order valence-electron chi connectivity index (χ3n) is 9.25. The van der Waals surface area contributed by atoms with Gasteiger partial charge in [0.1, 0.15) is 0 Å². The van der Waals surface area contributed by atoms with Crippen molar-refractivity contribution in [3.05, 3.63) is 89.7 Å². The van der Waals surface area contributed by atoms with E-state index in [4.69, 9.17) is 20.3 Å². The number of carbonyl (C=O) groups is 2. The molecule has 5 rings (SSSR count). The van der Waals surface area contributed by atoms with Crippen LogP contribution in [0, 0.1) is 20.8 Å². The molecule has 2 aliphatic rings. The van der Waals surface area contributed by atoms with Gasteiger partial charge in [0.25, 0.3) is 0 Å². The Morgan fingerprint density at radius 1 is 0.744 bits per heavy atom. The van der Waals surface area contributed by atoms with E-state index >= 15 is 0 Å². The van der Waals surface area contributed by atoms with Gasteiger partial charge < -0.3 is 30.5 Å². The zero-order valence-electron chi connectivity index (χ0n) is 25.9. The summed E-state index contributed by atoms with van der Waals surface area (Å²) in [4.78, 5) is 38.5. The van der Waals surface area contributed by atoms with Crippen LogP contribution >= 0.6 is 0 Å². The fourth-order valence-electron chi connectivity index (χ4n) is 6.82. The van der Waals surface area contributed by atoms with Gasteiger partial charge in [-0.2, -0.15) is 28.5 Å². The number of carboxylic acids is 2. The Morgan fingerprint density at radius 2 is 1.28 bits per heavy atom. The molecule has 3 aromatic heterocycles. The number of allylic oxidation sites excluding steroid dienone is 1. The predicted molar refractivity (Wildman–Crippen MR) is 162 cm³/mol. The Kier molecular flexibility index (Phi) is 9.87. The number of carboxylic acid groups (broad SMARTS) is 2. The maximum Gasteiger partial charge on any atom is 4.00 e. The molecule has 1 unspecified atom stereocenters. The fourth-order valence-corrected chi connectivity index (χ4v) is 6.82. The quantitative estimate of drug-likeness (QED) is 0.310. The second-order valence-corrected chi connectivity index (χ2v) is 11.6. The summed E-state index contributed by atoms with van der Waals surface area (Å²) in [5, 5.41) is 24.1. The molecule has 0 aliphatic carbocycles. The van der Waals surface area contributed by atoms with Crippen LogP contribution in [0.2, 0.25) is 0 Å². The molecule has 0 radical (unpaired) electrons. The van der Waals surface area contributed by atoms with Crippen LogP contribution in [0.1, 0.15) is 108 Å². The van der Waals surface area contributed by atoms with E-state index in [1.54, 1.807) is 0 Å². The summed E-state index contributed by atoms with van der Waals surface area (Å²) in [6, 6.07) is -0.258. The van der Waals surface area contributed by atoms with Gasteiger partial charge in [-0.3, -0.25) is 9.59 Å². The number of aromatic nitrogens is 3. The van der Waals surface area contributed by atoms with Crippen LogP contribution in [0.4, 0.5) is 0 Å². The van der Waals surface area contributed by atoms with Crippen molar-refractivity contribution in [2.75, 3.05) is 0 Å². The summed E-state index contributed by atoms with van der Waals surface area (Å²) in [6.45, 7) is 12.7. The standard InChI is InChI=1S/C34H40N4O4.Fe/c1-7-21-17(3)25-13-26-19(5)23(9-11-33(39)40)31(37-26)16-32-24(10-12-34(41)42)20(6)28(38-32)15-30-22(8-2)18(4)27(36-30)14-29(21)35-25;/h13,31H,7-12,14-16H2,1-6H3,(H,39,40)(H,41,42);/q-4;+4/b26-13-;. The van der Waals surface area contributed by atoms with Crippen LogP contribution < -0.4 is 15.0 Å². The first-order valence-corrected chi connectivity index (χ1v) is 15.0. The van der Waals surface area contributed by atoms with E-state index in [0.29, 0.717) is 32.1 Å². The largest absolute Gasteiger partial charge is 4.00 e. The molecule has 0 amide bonds. The van der Waals surface area contributed by atoms with Gasteiger partial charge in [-0.1, -0.05) is 76.9 Å². The first kappa shape index (κ1) is 32.5. The summed E-state index contributed by atoms with van der Waals surface area (Å²) in [7, 11) is 0.